The van der Waals surface area contributed by atoms with Crippen molar-refractivity contribution in [3.63, 3.8) is 0 Å². The Morgan fingerprint density at radius 1 is 0.174 bits per heavy atom. The quantitative estimate of drug-likeness (QED) is 0.121. The molecule has 3 aliphatic heterocycles. The van der Waals surface area contributed by atoms with Crippen LogP contribution in [0.25, 0.3) is 201 Å². The molecule has 0 fully saturated rings. The van der Waals surface area contributed by atoms with Crippen LogP contribution in [0.5, 0.6) is 0 Å². The summed E-state index contributed by atoms with van der Waals surface area (Å²) < 4.78 is 7.01. The second kappa shape index (κ2) is 32.2. The van der Waals surface area contributed by atoms with Gasteiger partial charge in [0.05, 0.1) is 84.3 Å². The number of pyridine rings is 2. The fraction of sp³-hybridized carbons (Fsp3) is 0. The predicted octanol–water partition coefficient (Wildman–Crippen LogP) is 31.8. The van der Waals surface area contributed by atoms with Crippen LogP contribution in [-0.2, 0) is 0 Å². The summed E-state index contributed by atoms with van der Waals surface area (Å²) in [6, 6.07) is 158. The van der Waals surface area contributed by atoms with Crippen LogP contribution in [0.1, 0.15) is 16.7 Å². The van der Waals surface area contributed by atoms with Crippen molar-refractivity contribution in [2.24, 2.45) is 0 Å². The molecule has 0 atom stereocenters. The van der Waals surface area contributed by atoms with Gasteiger partial charge in [0.1, 0.15) is 5.82 Å². The van der Waals surface area contributed by atoms with E-state index in [1.807, 2.05) is 12.1 Å². The number of para-hydroxylation sites is 6. The predicted molar refractivity (Wildman–Crippen MR) is 552 cm³/mol. The van der Waals surface area contributed by atoms with Crippen molar-refractivity contribution < 1.29 is 0 Å². The van der Waals surface area contributed by atoms with Gasteiger partial charge in [-0.05, 0) is 184 Å². The molecule has 0 spiro atoms. The number of rotatable bonds is 12. The molecule has 0 bridgehead atoms. The Kier molecular flexibility index (Phi) is 18.7. The van der Waals surface area contributed by atoms with Crippen LogP contribution in [-0.4, -0.2) is 33.6 Å². The Bertz CT molecular complexity index is 7750. The zero-order valence-corrected chi connectivity index (χ0v) is 71.7. The Labute approximate surface area is 762 Å². The van der Waals surface area contributed by atoms with Crippen LogP contribution >= 0.6 is 0 Å². The molecule has 10 heteroatoms. The molecule has 0 radical (unpaired) electrons. The van der Waals surface area contributed by atoms with Crippen LogP contribution in [0.2, 0.25) is 0 Å². The van der Waals surface area contributed by atoms with Gasteiger partial charge in [0.2, 0.25) is 5.95 Å². The number of aromatic nitrogens is 7. The van der Waals surface area contributed by atoms with Crippen molar-refractivity contribution in [1.29, 1.82) is 0 Å². The molecular weight excluding hydrogens is 1610 g/mol. The molecule has 18 aromatic carbocycles. The molecule has 27 rings (SSSR count). The van der Waals surface area contributed by atoms with Gasteiger partial charge in [-0.25, -0.2) is 19.9 Å². The normalized spacial score (nSPS) is 12.4. The number of hydrogen-bond acceptors (Lipinski definition) is 7. The van der Waals surface area contributed by atoms with Gasteiger partial charge >= 0.3 is 0 Å². The third-order valence-electron chi connectivity index (χ3n) is 26.0. The summed E-state index contributed by atoms with van der Waals surface area (Å²) in [7, 11) is 0. The van der Waals surface area contributed by atoms with Gasteiger partial charge in [0.25, 0.3) is 0 Å². The lowest BCUT2D eigenvalue weighted by atomic mass is 9.94. The molecule has 0 saturated carbocycles. The Morgan fingerprint density at radius 2 is 0.470 bits per heavy atom. The lowest BCUT2D eigenvalue weighted by Crippen LogP contribution is -2.12. The van der Waals surface area contributed by atoms with Crippen molar-refractivity contribution in [3.05, 3.63) is 484 Å². The Hall–Kier alpha value is -17.9. The maximum Gasteiger partial charge on any atom is 0.235 e. The third-order valence-corrected chi connectivity index (χ3v) is 26.0. The van der Waals surface area contributed by atoms with E-state index >= 15 is 0 Å². The third kappa shape index (κ3) is 13.2. The van der Waals surface area contributed by atoms with Crippen molar-refractivity contribution in [1.82, 2.24) is 33.6 Å². The fourth-order valence-electron chi connectivity index (χ4n) is 20.1. The average Bonchev–Trinajstić information content (AvgIpc) is 1.55. The van der Waals surface area contributed by atoms with Crippen molar-refractivity contribution in [2.45, 2.75) is 0 Å². The molecule has 0 saturated heterocycles. The molecule has 0 N–H and O–H groups in total. The van der Waals surface area contributed by atoms with E-state index in [1.165, 1.54) is 115 Å². The summed E-state index contributed by atoms with van der Waals surface area (Å²) in [6.07, 6.45) is 13.4. The van der Waals surface area contributed by atoms with E-state index in [2.05, 4.69) is 502 Å². The molecule has 0 aliphatic carbocycles. The standard InChI is InChI=1S/2C41H27N3.C40H26N4/c1-4-13-28(14-5-1)31-25-35(29-15-6-2-7-16-29)42-39(27-31)44-36-21-11-10-20-33(36)41-34-23-24-43(32-18-8-3-9-19-32)37-22-12-17-30(40(34)37)26-38(41)44;1-4-13-28(14-5-1)35-26-32(27-36(42-35)29-15-6-2-7-16-29)44-37-21-11-10-20-33(37)41-34-23-24-43(31-18-8-3-9-19-31)38-22-12-17-30(40(34)38)25-39(41)44;1-4-13-27(14-5-1)33-26-34(28-15-6-2-7-16-28)42-40(41-33)44-35-21-11-10-20-31(35)39-32-23-24-43(30-18-8-3-9-19-30)36-22-12-17-29(38(32)36)25-37(39)44/h2*1-27H;1-26H. The first kappa shape index (κ1) is 76.6. The maximum absolute atomic E-state index is 5.33. The largest absolute Gasteiger partial charge is 0.317 e. The lowest BCUT2D eigenvalue weighted by molar-refractivity contribution is 0.996. The highest BCUT2D eigenvalue weighted by Gasteiger charge is 2.29. The minimum Gasteiger partial charge on any atom is -0.317 e. The zero-order valence-electron chi connectivity index (χ0n) is 71.7. The first-order chi connectivity index (χ1) is 65.5. The van der Waals surface area contributed by atoms with Crippen molar-refractivity contribution in [3.8, 4) is 84.9 Å². The highest BCUT2D eigenvalue weighted by Crippen LogP contribution is 2.51. The highest BCUT2D eigenvalue weighted by atomic mass is 15.2. The molecule has 3 aliphatic rings. The number of fused-ring (bicyclic) bond motifs is 12. The average molecular weight is 1690 g/mol. The summed E-state index contributed by atoms with van der Waals surface area (Å²) >= 11 is 0. The van der Waals surface area contributed by atoms with Gasteiger partial charge in [0, 0.05) is 112 Å². The molecule has 10 nitrogen and oxygen atoms in total. The summed E-state index contributed by atoms with van der Waals surface area (Å²) in [5.74, 6) is 1.56. The van der Waals surface area contributed by atoms with Gasteiger partial charge in [0.15, 0.2) is 0 Å². The minimum atomic E-state index is 0.657. The lowest BCUT2D eigenvalue weighted by Gasteiger charge is -2.27. The molecule has 6 aromatic heterocycles. The first-order valence-corrected chi connectivity index (χ1v) is 44.8. The number of nitrogens with zero attached hydrogens (tertiary/aromatic N) is 10. The molecule has 9 heterocycles. The Balaban J connectivity index is 0.000000106. The fourth-order valence-corrected chi connectivity index (χ4v) is 20.1. The summed E-state index contributed by atoms with van der Waals surface area (Å²) in [5.41, 5.74) is 31.1. The number of benzene rings is 18. The summed E-state index contributed by atoms with van der Waals surface area (Å²) in [6.45, 7) is 0. The van der Waals surface area contributed by atoms with Gasteiger partial charge in [-0.15, -0.1) is 0 Å². The topological polar surface area (TPSA) is 76.1 Å². The second-order valence-corrected chi connectivity index (χ2v) is 33.6. The number of anilines is 6. The van der Waals surface area contributed by atoms with Crippen molar-refractivity contribution >= 4 is 150 Å². The molecule has 132 heavy (non-hydrogen) atoms. The van der Waals surface area contributed by atoms with E-state index in [1.54, 1.807) is 0 Å². The highest BCUT2D eigenvalue weighted by molar-refractivity contribution is 6.25. The molecule has 618 valence electrons. The first-order valence-electron chi connectivity index (χ1n) is 44.8. The number of hydrogen-bond donors (Lipinski definition) is 0. The van der Waals surface area contributed by atoms with Crippen molar-refractivity contribution in [2.75, 3.05) is 14.7 Å². The molecular formula is C122H80N10. The van der Waals surface area contributed by atoms with Crippen LogP contribution in [0.4, 0.5) is 34.1 Å². The van der Waals surface area contributed by atoms with Crippen LogP contribution in [0, 0.1) is 0 Å². The molecule has 0 unspecified atom stereocenters. The molecule has 0 amide bonds. The van der Waals surface area contributed by atoms with Gasteiger partial charge in [-0.2, -0.15) is 0 Å². The smallest absolute Gasteiger partial charge is 0.235 e. The second-order valence-electron chi connectivity index (χ2n) is 33.6. The summed E-state index contributed by atoms with van der Waals surface area (Å²) in [4.78, 5) is 27.8. The van der Waals surface area contributed by atoms with Crippen LogP contribution in [0.15, 0.2) is 468 Å². The van der Waals surface area contributed by atoms with Gasteiger partial charge < -0.3 is 19.3 Å². The van der Waals surface area contributed by atoms with E-state index in [-0.39, 0.29) is 0 Å². The van der Waals surface area contributed by atoms with Gasteiger partial charge in [-0.3, -0.25) is 9.13 Å². The SMILES string of the molecule is C1=CN(c2ccccc2)c2cccc3cc4c(c1c23)c1ccccc1n4-c1cc(-c2ccccc2)cc(-c2ccccc2)n1.C1=CN(c2ccccc2)c2cccc3cc4c(c1c23)c1ccccc1n4-c1cc(-c2ccccc2)nc(-c2ccccc2)c1.C1=CN(c2ccccc2)c2cccc3cc4c(c1c23)c1ccccc1n4-c1nc(-c2ccccc2)cc(-c2ccccc2)n1. The van der Waals surface area contributed by atoms with Crippen LogP contribution in [0.3, 0.4) is 0 Å². The van der Waals surface area contributed by atoms with E-state index < -0.39 is 0 Å². The zero-order chi connectivity index (χ0) is 87.1. The minimum absolute atomic E-state index is 0.657. The Morgan fingerprint density at radius 3 is 0.841 bits per heavy atom. The van der Waals surface area contributed by atoms with E-state index in [4.69, 9.17) is 19.9 Å². The maximum atomic E-state index is 5.33. The summed E-state index contributed by atoms with van der Waals surface area (Å²) in [5, 5.41) is 14.8. The monoisotopic (exact) mass is 1680 g/mol. The van der Waals surface area contributed by atoms with Gasteiger partial charge in [-0.1, -0.05) is 328 Å². The van der Waals surface area contributed by atoms with E-state index in [9.17, 15) is 0 Å². The molecule has 24 aromatic rings. The van der Waals surface area contributed by atoms with Crippen LogP contribution < -0.4 is 14.7 Å². The van der Waals surface area contributed by atoms with E-state index in [0.29, 0.717) is 5.95 Å². The van der Waals surface area contributed by atoms with E-state index in [0.717, 1.165) is 112 Å².